The van der Waals surface area contributed by atoms with E-state index in [9.17, 15) is 9.59 Å². The van der Waals surface area contributed by atoms with Gasteiger partial charge in [0.2, 0.25) is 5.91 Å². The molecule has 5 nitrogen and oxygen atoms in total. The van der Waals surface area contributed by atoms with Crippen molar-refractivity contribution in [3.8, 4) is 0 Å². The highest BCUT2D eigenvalue weighted by molar-refractivity contribution is 9.10. The van der Waals surface area contributed by atoms with Crippen LogP contribution in [0.25, 0.3) is 0 Å². The first-order valence-electron chi connectivity index (χ1n) is 9.76. The van der Waals surface area contributed by atoms with Crippen LogP contribution in [0.5, 0.6) is 0 Å². The summed E-state index contributed by atoms with van der Waals surface area (Å²) in [5.74, 6) is 0.145. The molecule has 0 spiro atoms. The number of anilines is 2. The van der Waals surface area contributed by atoms with E-state index in [0.29, 0.717) is 12.0 Å². The highest BCUT2D eigenvalue weighted by Crippen LogP contribution is 2.21. The maximum Gasteiger partial charge on any atom is 0.255 e. The van der Waals surface area contributed by atoms with Crippen LogP contribution in [0.1, 0.15) is 36.5 Å². The van der Waals surface area contributed by atoms with E-state index in [1.807, 2.05) is 41.3 Å². The lowest BCUT2D eigenvalue weighted by Crippen LogP contribution is -2.48. The lowest BCUT2D eigenvalue weighted by molar-refractivity contribution is -0.131. The van der Waals surface area contributed by atoms with E-state index in [1.54, 1.807) is 12.1 Å². The van der Waals surface area contributed by atoms with Crippen molar-refractivity contribution in [2.75, 3.05) is 36.4 Å². The highest BCUT2D eigenvalue weighted by Gasteiger charge is 2.20. The Labute approximate surface area is 174 Å². The number of rotatable bonds is 6. The Hall–Kier alpha value is -2.34. The van der Waals surface area contributed by atoms with Gasteiger partial charge < -0.3 is 15.1 Å². The van der Waals surface area contributed by atoms with Crippen molar-refractivity contribution in [1.82, 2.24) is 4.90 Å². The Morgan fingerprint density at radius 3 is 2.21 bits per heavy atom. The number of carbonyl (C=O) groups excluding carboxylic acids is 2. The van der Waals surface area contributed by atoms with Gasteiger partial charge in [-0.1, -0.05) is 29.3 Å². The molecule has 1 aliphatic heterocycles. The largest absolute Gasteiger partial charge is 0.368 e. The second-order valence-corrected chi connectivity index (χ2v) is 7.89. The standard InChI is InChI=1S/C22H26BrN3O2/c1-2-3-4-21(27)26-15-13-25(14-16-26)20-11-9-19(10-12-20)24-22(28)17-5-7-18(23)8-6-17/h5-12H,2-4,13-16H2,1H3,(H,24,28). The lowest BCUT2D eigenvalue weighted by Gasteiger charge is -2.36. The molecule has 0 bridgehead atoms. The molecule has 0 aliphatic carbocycles. The van der Waals surface area contributed by atoms with Gasteiger partial charge in [-0.3, -0.25) is 9.59 Å². The fourth-order valence-electron chi connectivity index (χ4n) is 3.26. The summed E-state index contributed by atoms with van der Waals surface area (Å²) in [4.78, 5) is 28.7. The summed E-state index contributed by atoms with van der Waals surface area (Å²) in [6, 6.07) is 15.2. The molecule has 6 heteroatoms. The number of unbranched alkanes of at least 4 members (excludes halogenated alkanes) is 1. The molecule has 3 rings (SSSR count). The Morgan fingerprint density at radius 1 is 0.964 bits per heavy atom. The summed E-state index contributed by atoms with van der Waals surface area (Å²) in [6.07, 6.45) is 2.67. The fourth-order valence-corrected chi connectivity index (χ4v) is 3.52. The topological polar surface area (TPSA) is 52.7 Å². The van der Waals surface area contributed by atoms with Crippen molar-refractivity contribution in [3.05, 3.63) is 58.6 Å². The maximum absolute atomic E-state index is 12.3. The molecule has 0 atom stereocenters. The Balaban J connectivity index is 1.53. The van der Waals surface area contributed by atoms with Crippen LogP contribution < -0.4 is 10.2 Å². The Kier molecular flexibility index (Phi) is 7.09. The molecule has 28 heavy (non-hydrogen) atoms. The zero-order chi connectivity index (χ0) is 19.9. The zero-order valence-corrected chi connectivity index (χ0v) is 17.7. The molecule has 1 fully saturated rings. The first kappa shape index (κ1) is 20.4. The smallest absolute Gasteiger partial charge is 0.255 e. The average molecular weight is 444 g/mol. The van der Waals surface area contributed by atoms with Gasteiger partial charge in [-0.15, -0.1) is 0 Å². The van der Waals surface area contributed by atoms with Gasteiger partial charge in [0.15, 0.2) is 0 Å². The Bertz CT molecular complexity index is 798. The fraction of sp³-hybridized carbons (Fsp3) is 0.364. The normalized spacial score (nSPS) is 14.1. The van der Waals surface area contributed by atoms with Gasteiger partial charge in [0.25, 0.3) is 5.91 Å². The van der Waals surface area contributed by atoms with Crippen molar-refractivity contribution in [1.29, 1.82) is 0 Å². The molecule has 0 saturated carbocycles. The van der Waals surface area contributed by atoms with Crippen molar-refractivity contribution in [3.63, 3.8) is 0 Å². The van der Waals surface area contributed by atoms with Gasteiger partial charge in [0.1, 0.15) is 0 Å². The summed E-state index contributed by atoms with van der Waals surface area (Å²) >= 11 is 3.37. The van der Waals surface area contributed by atoms with E-state index >= 15 is 0 Å². The molecule has 2 aromatic carbocycles. The molecule has 1 saturated heterocycles. The number of amides is 2. The van der Waals surface area contributed by atoms with E-state index in [-0.39, 0.29) is 11.8 Å². The third-order valence-electron chi connectivity index (χ3n) is 4.97. The highest BCUT2D eigenvalue weighted by atomic mass is 79.9. The number of piperazine rings is 1. The van der Waals surface area contributed by atoms with Gasteiger partial charge in [-0.25, -0.2) is 0 Å². The molecule has 1 aliphatic rings. The van der Waals surface area contributed by atoms with E-state index in [0.717, 1.165) is 54.9 Å². The number of hydrogen-bond donors (Lipinski definition) is 1. The van der Waals surface area contributed by atoms with Gasteiger partial charge in [0.05, 0.1) is 0 Å². The van der Waals surface area contributed by atoms with Gasteiger partial charge in [-0.2, -0.15) is 0 Å². The average Bonchev–Trinajstić information content (AvgIpc) is 2.73. The summed E-state index contributed by atoms with van der Waals surface area (Å²) < 4.78 is 0.945. The molecule has 2 aromatic rings. The maximum atomic E-state index is 12.3. The van der Waals surface area contributed by atoms with Crippen molar-refractivity contribution >= 4 is 39.1 Å². The van der Waals surface area contributed by atoms with Crippen LogP contribution in [-0.4, -0.2) is 42.9 Å². The monoisotopic (exact) mass is 443 g/mol. The van der Waals surface area contributed by atoms with Gasteiger partial charge in [0, 0.05) is 54.0 Å². The molecule has 0 aromatic heterocycles. The zero-order valence-electron chi connectivity index (χ0n) is 16.2. The first-order chi connectivity index (χ1) is 13.6. The summed E-state index contributed by atoms with van der Waals surface area (Å²) in [6.45, 7) is 5.32. The third-order valence-corrected chi connectivity index (χ3v) is 5.50. The van der Waals surface area contributed by atoms with E-state index in [1.165, 1.54) is 0 Å². The van der Waals surface area contributed by atoms with Crippen molar-refractivity contribution < 1.29 is 9.59 Å². The van der Waals surface area contributed by atoms with E-state index in [2.05, 4.69) is 33.1 Å². The van der Waals surface area contributed by atoms with Crippen LogP contribution in [0.2, 0.25) is 0 Å². The number of benzene rings is 2. The second-order valence-electron chi connectivity index (χ2n) is 6.98. The van der Waals surface area contributed by atoms with Crippen LogP contribution >= 0.6 is 15.9 Å². The molecular formula is C22H26BrN3O2. The minimum Gasteiger partial charge on any atom is -0.368 e. The number of carbonyl (C=O) groups is 2. The molecule has 1 N–H and O–H groups in total. The van der Waals surface area contributed by atoms with Crippen LogP contribution in [-0.2, 0) is 4.79 Å². The molecular weight excluding hydrogens is 418 g/mol. The van der Waals surface area contributed by atoms with E-state index in [4.69, 9.17) is 0 Å². The van der Waals surface area contributed by atoms with Gasteiger partial charge in [-0.05, 0) is 55.0 Å². The van der Waals surface area contributed by atoms with Crippen LogP contribution in [0, 0.1) is 0 Å². The molecule has 2 amide bonds. The predicted octanol–water partition coefficient (Wildman–Crippen LogP) is 4.54. The second kappa shape index (κ2) is 9.73. The first-order valence-corrected chi connectivity index (χ1v) is 10.6. The predicted molar refractivity (Wildman–Crippen MR) is 117 cm³/mol. The molecule has 0 unspecified atom stereocenters. The quantitative estimate of drug-likeness (QED) is 0.712. The number of halogens is 1. The lowest BCUT2D eigenvalue weighted by atomic mass is 10.2. The minimum absolute atomic E-state index is 0.126. The third kappa shape index (κ3) is 5.35. The molecule has 148 valence electrons. The minimum atomic E-state index is -0.126. The number of nitrogens with zero attached hydrogens (tertiary/aromatic N) is 2. The van der Waals surface area contributed by atoms with Crippen LogP contribution in [0.3, 0.4) is 0 Å². The Morgan fingerprint density at radius 2 is 1.61 bits per heavy atom. The SMILES string of the molecule is CCCCC(=O)N1CCN(c2ccc(NC(=O)c3ccc(Br)cc3)cc2)CC1. The van der Waals surface area contributed by atoms with Crippen LogP contribution in [0.15, 0.2) is 53.0 Å². The van der Waals surface area contributed by atoms with Crippen molar-refractivity contribution in [2.45, 2.75) is 26.2 Å². The molecule has 0 radical (unpaired) electrons. The van der Waals surface area contributed by atoms with Crippen molar-refractivity contribution in [2.24, 2.45) is 0 Å². The summed E-state index contributed by atoms with van der Waals surface area (Å²) in [7, 11) is 0. The number of nitrogens with one attached hydrogen (secondary N) is 1. The van der Waals surface area contributed by atoms with Crippen LogP contribution in [0.4, 0.5) is 11.4 Å². The number of hydrogen-bond acceptors (Lipinski definition) is 3. The molecule has 1 heterocycles. The van der Waals surface area contributed by atoms with Gasteiger partial charge >= 0.3 is 0 Å². The van der Waals surface area contributed by atoms with E-state index < -0.39 is 0 Å². The summed E-state index contributed by atoms with van der Waals surface area (Å²) in [5.41, 5.74) is 2.50. The summed E-state index contributed by atoms with van der Waals surface area (Å²) in [5, 5.41) is 2.92.